The lowest BCUT2D eigenvalue weighted by atomic mass is 10.0. The highest BCUT2D eigenvalue weighted by molar-refractivity contribution is 5.82. The Balaban J connectivity index is 1.38. The Bertz CT molecular complexity index is 736. The summed E-state index contributed by atoms with van der Waals surface area (Å²) in [6.07, 6.45) is 1.80. The van der Waals surface area contributed by atoms with Crippen molar-refractivity contribution in [3.63, 3.8) is 0 Å². The van der Waals surface area contributed by atoms with Crippen LogP contribution in [0.1, 0.15) is 11.3 Å². The molecule has 2 atom stereocenters. The summed E-state index contributed by atoms with van der Waals surface area (Å²) >= 11 is 0. The lowest BCUT2D eigenvalue weighted by Gasteiger charge is -2.21. The highest BCUT2D eigenvalue weighted by Crippen LogP contribution is 2.33. The van der Waals surface area contributed by atoms with Gasteiger partial charge in [0.25, 0.3) is 0 Å². The lowest BCUT2D eigenvalue weighted by Crippen LogP contribution is -2.32. The Labute approximate surface area is 140 Å². The molecular weight excluding hydrogens is 305 g/mol. The van der Waals surface area contributed by atoms with Crippen molar-refractivity contribution in [2.45, 2.75) is 13.1 Å². The number of likely N-dealkylation sites (tertiary alicyclic amines) is 2. The summed E-state index contributed by atoms with van der Waals surface area (Å²) in [4.78, 5) is 21.2. The summed E-state index contributed by atoms with van der Waals surface area (Å²) in [6, 6.07) is 12.4. The molecule has 1 amide bonds. The molecule has 2 fully saturated rings. The van der Waals surface area contributed by atoms with E-state index in [9.17, 15) is 9.18 Å². The van der Waals surface area contributed by atoms with Crippen molar-refractivity contribution in [1.29, 1.82) is 0 Å². The number of halogens is 1. The van der Waals surface area contributed by atoms with Crippen LogP contribution in [0.15, 0.2) is 48.7 Å². The van der Waals surface area contributed by atoms with E-state index in [-0.39, 0.29) is 17.6 Å². The first kappa shape index (κ1) is 15.3. The molecule has 2 aromatic rings. The second-order valence-electron chi connectivity index (χ2n) is 6.73. The van der Waals surface area contributed by atoms with Crippen molar-refractivity contribution in [2.75, 3.05) is 19.6 Å². The smallest absolute Gasteiger partial charge is 0.227 e. The number of hydrogen-bond acceptors (Lipinski definition) is 3. The number of amides is 1. The van der Waals surface area contributed by atoms with E-state index in [2.05, 4.69) is 9.88 Å². The van der Waals surface area contributed by atoms with Crippen LogP contribution in [0.5, 0.6) is 0 Å². The number of carbonyl (C=O) groups is 1. The van der Waals surface area contributed by atoms with E-state index in [1.165, 1.54) is 12.1 Å². The van der Waals surface area contributed by atoms with Crippen LogP contribution in [-0.4, -0.2) is 40.3 Å². The number of aromatic nitrogens is 1. The molecule has 24 heavy (non-hydrogen) atoms. The van der Waals surface area contributed by atoms with E-state index >= 15 is 0 Å². The van der Waals surface area contributed by atoms with Gasteiger partial charge in [-0.2, -0.15) is 0 Å². The number of fused-ring (bicyclic) bond motifs is 1. The van der Waals surface area contributed by atoms with E-state index in [1.54, 1.807) is 12.3 Å². The summed E-state index contributed by atoms with van der Waals surface area (Å²) in [5, 5.41) is 0. The minimum atomic E-state index is -0.249. The van der Waals surface area contributed by atoms with Gasteiger partial charge in [0, 0.05) is 44.8 Å². The van der Waals surface area contributed by atoms with Crippen LogP contribution < -0.4 is 0 Å². The first-order valence-corrected chi connectivity index (χ1v) is 8.34. The van der Waals surface area contributed by atoms with Crippen molar-refractivity contribution in [1.82, 2.24) is 14.8 Å². The molecule has 0 unspecified atom stereocenters. The predicted molar refractivity (Wildman–Crippen MR) is 88.3 cm³/mol. The summed E-state index contributed by atoms with van der Waals surface area (Å²) < 4.78 is 13.3. The lowest BCUT2D eigenvalue weighted by molar-refractivity contribution is -0.131. The van der Waals surface area contributed by atoms with E-state index in [4.69, 9.17) is 0 Å². The topological polar surface area (TPSA) is 36.4 Å². The molecule has 0 spiro atoms. The quantitative estimate of drug-likeness (QED) is 0.865. The zero-order valence-electron chi connectivity index (χ0n) is 13.4. The third-order valence-corrected chi connectivity index (χ3v) is 4.97. The highest BCUT2D eigenvalue weighted by Gasteiger charge is 2.45. The van der Waals surface area contributed by atoms with Crippen LogP contribution in [0.3, 0.4) is 0 Å². The fourth-order valence-electron chi connectivity index (χ4n) is 3.88. The molecular formula is C19H20FN3O. The molecule has 4 rings (SSSR count). The molecule has 3 heterocycles. The van der Waals surface area contributed by atoms with Crippen LogP contribution in [0.2, 0.25) is 0 Å². The van der Waals surface area contributed by atoms with E-state index in [1.807, 2.05) is 29.2 Å². The Hall–Kier alpha value is -2.27. The Morgan fingerprint density at radius 1 is 1.08 bits per heavy atom. The molecule has 0 bridgehead atoms. The molecule has 0 N–H and O–H groups in total. The van der Waals surface area contributed by atoms with Gasteiger partial charge in [-0.1, -0.05) is 18.2 Å². The molecule has 0 saturated carbocycles. The maximum absolute atomic E-state index is 13.3. The van der Waals surface area contributed by atoms with Crippen LogP contribution >= 0.6 is 0 Å². The highest BCUT2D eigenvalue weighted by atomic mass is 19.1. The molecule has 124 valence electrons. The third-order valence-electron chi connectivity index (χ3n) is 4.97. The van der Waals surface area contributed by atoms with Crippen LogP contribution in [0, 0.1) is 17.7 Å². The van der Waals surface area contributed by atoms with Gasteiger partial charge in [0.05, 0.1) is 11.6 Å². The van der Waals surface area contributed by atoms with E-state index in [0.29, 0.717) is 12.5 Å². The average Bonchev–Trinajstić information content (AvgIpc) is 3.08. The first-order valence-electron chi connectivity index (χ1n) is 8.34. The zero-order valence-corrected chi connectivity index (χ0v) is 13.4. The van der Waals surface area contributed by atoms with Crippen molar-refractivity contribution in [3.05, 3.63) is 65.7 Å². The third kappa shape index (κ3) is 3.04. The Morgan fingerprint density at radius 2 is 2.00 bits per heavy atom. The monoisotopic (exact) mass is 325 g/mol. The van der Waals surface area contributed by atoms with Crippen LogP contribution in [-0.2, 0) is 17.9 Å². The summed E-state index contributed by atoms with van der Waals surface area (Å²) in [7, 11) is 0. The van der Waals surface area contributed by atoms with Gasteiger partial charge in [-0.25, -0.2) is 4.39 Å². The molecule has 1 aromatic heterocycles. The maximum Gasteiger partial charge on any atom is 0.227 e. The SMILES string of the molecule is O=C1[C@H]2CN(Cc3ccccn3)C[C@H]2CN1Cc1cccc(F)c1. The van der Waals surface area contributed by atoms with Crippen molar-refractivity contribution in [3.8, 4) is 0 Å². The van der Waals surface area contributed by atoms with Gasteiger partial charge in [-0.3, -0.25) is 14.7 Å². The zero-order chi connectivity index (χ0) is 16.5. The molecule has 2 aliphatic heterocycles. The fraction of sp³-hybridized carbons (Fsp3) is 0.368. The fourth-order valence-corrected chi connectivity index (χ4v) is 3.88. The Kier molecular flexibility index (Phi) is 4.02. The standard InChI is InChI=1S/C19H20FN3O/c20-16-5-3-4-14(8-16)9-23-11-15-10-22(13-18(15)19(23)24)12-17-6-1-2-7-21-17/h1-8,15,18H,9-13H2/t15-,18-/m0/s1. The molecule has 0 radical (unpaired) electrons. The summed E-state index contributed by atoms with van der Waals surface area (Å²) in [5.74, 6) is 0.394. The number of carbonyl (C=O) groups excluding carboxylic acids is 1. The number of pyridine rings is 1. The molecule has 2 aliphatic rings. The van der Waals surface area contributed by atoms with Gasteiger partial charge in [0.1, 0.15) is 5.82 Å². The summed E-state index contributed by atoms with van der Waals surface area (Å²) in [5.41, 5.74) is 1.90. The maximum atomic E-state index is 13.3. The second-order valence-corrected chi connectivity index (χ2v) is 6.73. The number of rotatable bonds is 4. The molecule has 1 aromatic carbocycles. The van der Waals surface area contributed by atoms with Gasteiger partial charge < -0.3 is 4.90 Å². The molecule has 4 nitrogen and oxygen atoms in total. The van der Waals surface area contributed by atoms with Gasteiger partial charge >= 0.3 is 0 Å². The van der Waals surface area contributed by atoms with E-state index < -0.39 is 0 Å². The molecule has 0 aliphatic carbocycles. The van der Waals surface area contributed by atoms with Crippen LogP contribution in [0.25, 0.3) is 0 Å². The summed E-state index contributed by atoms with van der Waals surface area (Å²) in [6.45, 7) is 3.78. The van der Waals surface area contributed by atoms with Crippen molar-refractivity contribution < 1.29 is 9.18 Å². The van der Waals surface area contributed by atoms with Crippen LogP contribution in [0.4, 0.5) is 4.39 Å². The number of hydrogen-bond donors (Lipinski definition) is 0. The minimum Gasteiger partial charge on any atom is -0.338 e. The van der Waals surface area contributed by atoms with Gasteiger partial charge in [0.2, 0.25) is 5.91 Å². The molecule has 2 saturated heterocycles. The predicted octanol–water partition coefficient (Wildman–Crippen LogP) is 2.31. The van der Waals surface area contributed by atoms with E-state index in [0.717, 1.165) is 37.4 Å². The second kappa shape index (κ2) is 6.32. The van der Waals surface area contributed by atoms with Crippen molar-refractivity contribution >= 4 is 5.91 Å². The normalized spacial score (nSPS) is 23.7. The van der Waals surface area contributed by atoms with Gasteiger partial charge in [-0.05, 0) is 29.8 Å². The van der Waals surface area contributed by atoms with Gasteiger partial charge in [0.15, 0.2) is 0 Å². The Morgan fingerprint density at radius 3 is 2.75 bits per heavy atom. The molecule has 5 heteroatoms. The first-order chi connectivity index (χ1) is 11.7. The average molecular weight is 325 g/mol. The largest absolute Gasteiger partial charge is 0.338 e. The number of benzene rings is 1. The van der Waals surface area contributed by atoms with Gasteiger partial charge in [-0.15, -0.1) is 0 Å². The van der Waals surface area contributed by atoms with Crippen molar-refractivity contribution in [2.24, 2.45) is 11.8 Å². The number of nitrogens with zero attached hydrogens (tertiary/aromatic N) is 3. The minimum absolute atomic E-state index is 0.0715.